The molecule has 0 bridgehead atoms. The molecule has 1 aromatic heterocycles. The van der Waals surface area contributed by atoms with Gasteiger partial charge in [-0.3, -0.25) is 0 Å². The van der Waals surface area contributed by atoms with Crippen LogP contribution in [0.4, 0.5) is 0 Å². The van der Waals surface area contributed by atoms with E-state index in [9.17, 15) is 8.42 Å². The summed E-state index contributed by atoms with van der Waals surface area (Å²) in [6.07, 6.45) is 4.93. The van der Waals surface area contributed by atoms with E-state index in [0.717, 1.165) is 17.0 Å². The third kappa shape index (κ3) is 5.28. The Balaban J connectivity index is 1.46. The molecule has 26 heavy (non-hydrogen) atoms. The molecular weight excluding hydrogens is 346 g/mol. The van der Waals surface area contributed by atoms with E-state index in [1.807, 2.05) is 71.4 Å². The van der Waals surface area contributed by atoms with Crippen LogP contribution in [0.25, 0.3) is 11.4 Å². The molecule has 0 fully saturated rings. The quantitative estimate of drug-likeness (QED) is 0.590. The van der Waals surface area contributed by atoms with Crippen molar-refractivity contribution >= 4 is 10.0 Å². The van der Waals surface area contributed by atoms with Gasteiger partial charge in [0.05, 0.1) is 5.75 Å². The van der Waals surface area contributed by atoms with Gasteiger partial charge in [0.15, 0.2) is 0 Å². The molecule has 1 N–H and O–H groups in total. The molecule has 3 aromatic rings. The zero-order chi connectivity index (χ0) is 18.2. The number of nitrogens with one attached hydrogen (secondary N) is 1. The maximum atomic E-state index is 12.1. The Morgan fingerprint density at radius 1 is 0.962 bits per heavy atom. The summed E-state index contributed by atoms with van der Waals surface area (Å²) in [5.74, 6) is 1.01. The van der Waals surface area contributed by atoms with Gasteiger partial charge in [-0.15, -0.1) is 0 Å². The van der Waals surface area contributed by atoms with Gasteiger partial charge in [0.25, 0.3) is 0 Å². The molecule has 0 aliphatic carbocycles. The molecule has 0 aliphatic rings. The van der Waals surface area contributed by atoms with Crippen LogP contribution in [0.1, 0.15) is 12.0 Å². The minimum atomic E-state index is -3.26. The summed E-state index contributed by atoms with van der Waals surface area (Å²) in [6.45, 7) is 1.13. The highest BCUT2D eigenvalue weighted by molar-refractivity contribution is 7.89. The number of benzene rings is 2. The topological polar surface area (TPSA) is 64.0 Å². The standard InChI is InChI=1S/C20H23N3O2S/c24-26(25,17-12-18-8-3-1-4-9-18)22-13-7-15-23-16-14-21-20(23)19-10-5-2-6-11-19/h1-6,8-11,14,16,22H,7,12-13,15,17H2. The fourth-order valence-electron chi connectivity index (χ4n) is 2.78. The van der Waals surface area contributed by atoms with Crippen LogP contribution in [0, 0.1) is 0 Å². The fraction of sp³-hybridized carbons (Fsp3) is 0.250. The summed E-state index contributed by atoms with van der Waals surface area (Å²) in [5, 5.41) is 0. The van der Waals surface area contributed by atoms with Gasteiger partial charge in [0.1, 0.15) is 5.82 Å². The minimum absolute atomic E-state index is 0.108. The van der Waals surface area contributed by atoms with Gasteiger partial charge < -0.3 is 4.57 Å². The monoisotopic (exact) mass is 369 g/mol. The van der Waals surface area contributed by atoms with Crippen LogP contribution >= 0.6 is 0 Å². The zero-order valence-corrected chi connectivity index (χ0v) is 15.4. The van der Waals surface area contributed by atoms with Crippen molar-refractivity contribution in [1.29, 1.82) is 0 Å². The molecular formula is C20H23N3O2S. The first-order valence-corrected chi connectivity index (χ1v) is 10.4. The van der Waals surface area contributed by atoms with Crippen LogP contribution in [0.5, 0.6) is 0 Å². The molecule has 0 unspecified atom stereocenters. The lowest BCUT2D eigenvalue weighted by Crippen LogP contribution is -2.28. The van der Waals surface area contributed by atoms with Crippen LogP contribution < -0.4 is 4.72 Å². The molecule has 0 amide bonds. The molecule has 0 spiro atoms. The molecule has 0 saturated heterocycles. The van der Waals surface area contributed by atoms with Crippen molar-refractivity contribution in [2.75, 3.05) is 12.3 Å². The Kier molecular flexibility index (Phi) is 6.20. The van der Waals surface area contributed by atoms with Crippen LogP contribution in [0.2, 0.25) is 0 Å². The Morgan fingerprint density at radius 3 is 2.38 bits per heavy atom. The van der Waals surface area contributed by atoms with Crippen molar-refractivity contribution in [1.82, 2.24) is 14.3 Å². The van der Waals surface area contributed by atoms with E-state index in [0.29, 0.717) is 25.9 Å². The predicted octanol–water partition coefficient (Wildman–Crippen LogP) is 3.10. The number of hydrogen-bond donors (Lipinski definition) is 1. The Hall–Kier alpha value is -2.44. The van der Waals surface area contributed by atoms with Crippen LogP contribution in [-0.4, -0.2) is 30.3 Å². The summed E-state index contributed by atoms with van der Waals surface area (Å²) in [7, 11) is -3.26. The van der Waals surface area contributed by atoms with Crippen LogP contribution in [0.3, 0.4) is 0 Å². The molecule has 0 aliphatic heterocycles. The molecule has 2 aromatic carbocycles. The van der Waals surface area contributed by atoms with E-state index >= 15 is 0 Å². The van der Waals surface area contributed by atoms with Gasteiger partial charge in [0.2, 0.25) is 10.0 Å². The molecule has 6 heteroatoms. The summed E-state index contributed by atoms with van der Waals surface area (Å²) in [5.41, 5.74) is 2.09. The van der Waals surface area contributed by atoms with E-state index in [1.54, 1.807) is 6.20 Å². The van der Waals surface area contributed by atoms with E-state index < -0.39 is 10.0 Å². The van der Waals surface area contributed by atoms with Crippen LogP contribution in [0.15, 0.2) is 73.1 Å². The van der Waals surface area contributed by atoms with Crippen molar-refractivity contribution in [3.05, 3.63) is 78.6 Å². The normalized spacial score (nSPS) is 11.5. The van der Waals surface area contributed by atoms with Crippen molar-refractivity contribution < 1.29 is 8.42 Å². The second-order valence-electron chi connectivity index (χ2n) is 6.11. The number of hydrogen-bond acceptors (Lipinski definition) is 3. The maximum absolute atomic E-state index is 12.1. The van der Waals surface area contributed by atoms with E-state index in [1.165, 1.54) is 0 Å². The maximum Gasteiger partial charge on any atom is 0.211 e. The summed E-state index contributed by atoms with van der Waals surface area (Å²) in [6, 6.07) is 19.6. The summed E-state index contributed by atoms with van der Waals surface area (Å²) >= 11 is 0. The lowest BCUT2D eigenvalue weighted by molar-refractivity contribution is 0.570. The first kappa shape index (κ1) is 18.4. The van der Waals surface area contributed by atoms with Gasteiger partial charge in [-0.05, 0) is 18.4 Å². The first-order valence-electron chi connectivity index (χ1n) is 8.72. The largest absolute Gasteiger partial charge is 0.331 e. The van der Waals surface area contributed by atoms with E-state index in [4.69, 9.17) is 0 Å². The van der Waals surface area contributed by atoms with Gasteiger partial charge in [-0.25, -0.2) is 18.1 Å². The van der Waals surface area contributed by atoms with Gasteiger partial charge >= 0.3 is 0 Å². The molecule has 5 nitrogen and oxygen atoms in total. The molecule has 136 valence electrons. The second-order valence-corrected chi connectivity index (χ2v) is 8.04. The average molecular weight is 369 g/mol. The minimum Gasteiger partial charge on any atom is -0.331 e. The Morgan fingerprint density at radius 2 is 1.65 bits per heavy atom. The number of aryl methyl sites for hydroxylation is 2. The third-order valence-electron chi connectivity index (χ3n) is 4.15. The lowest BCUT2D eigenvalue weighted by atomic mass is 10.2. The highest BCUT2D eigenvalue weighted by atomic mass is 32.2. The molecule has 0 radical (unpaired) electrons. The highest BCUT2D eigenvalue weighted by Crippen LogP contribution is 2.16. The van der Waals surface area contributed by atoms with Crippen molar-refractivity contribution in [3.63, 3.8) is 0 Å². The SMILES string of the molecule is O=S(=O)(CCc1ccccc1)NCCCn1ccnc1-c1ccccc1. The predicted molar refractivity (Wildman–Crippen MR) is 104 cm³/mol. The number of sulfonamides is 1. The average Bonchev–Trinajstić information content (AvgIpc) is 3.14. The zero-order valence-electron chi connectivity index (χ0n) is 14.6. The van der Waals surface area contributed by atoms with Crippen molar-refractivity contribution in [2.45, 2.75) is 19.4 Å². The molecule has 1 heterocycles. The van der Waals surface area contributed by atoms with Gasteiger partial charge in [-0.2, -0.15) is 0 Å². The molecule has 3 rings (SSSR count). The second kappa shape index (κ2) is 8.78. The molecule has 0 atom stereocenters. The number of nitrogens with zero attached hydrogens (tertiary/aromatic N) is 2. The van der Waals surface area contributed by atoms with Crippen molar-refractivity contribution in [2.24, 2.45) is 0 Å². The Labute approximate surface area is 154 Å². The van der Waals surface area contributed by atoms with Crippen molar-refractivity contribution in [3.8, 4) is 11.4 Å². The number of imidazole rings is 1. The van der Waals surface area contributed by atoms with Gasteiger partial charge in [-0.1, -0.05) is 60.7 Å². The first-order chi connectivity index (χ1) is 12.6. The van der Waals surface area contributed by atoms with Crippen LogP contribution in [-0.2, 0) is 23.0 Å². The molecule has 0 saturated carbocycles. The Bertz CT molecular complexity index is 906. The highest BCUT2D eigenvalue weighted by Gasteiger charge is 2.10. The smallest absolute Gasteiger partial charge is 0.211 e. The lowest BCUT2D eigenvalue weighted by Gasteiger charge is -2.09. The summed E-state index contributed by atoms with van der Waals surface area (Å²) in [4.78, 5) is 4.40. The van der Waals surface area contributed by atoms with E-state index in [-0.39, 0.29) is 5.75 Å². The fourth-order valence-corrected chi connectivity index (χ4v) is 3.89. The number of rotatable bonds is 9. The van der Waals surface area contributed by atoms with Gasteiger partial charge in [0, 0.05) is 31.0 Å². The van der Waals surface area contributed by atoms with E-state index in [2.05, 4.69) is 9.71 Å². The third-order valence-corrected chi connectivity index (χ3v) is 5.53. The number of aromatic nitrogens is 2. The summed E-state index contributed by atoms with van der Waals surface area (Å²) < 4.78 is 29.0.